The molecule has 3 unspecified atom stereocenters. The Morgan fingerprint density at radius 3 is 2.89 bits per heavy atom. The number of imidazole rings is 1. The summed E-state index contributed by atoms with van der Waals surface area (Å²) in [7, 11) is 3.36. The van der Waals surface area contributed by atoms with E-state index < -0.39 is 0 Å². The molecular weight excluding hydrogens is 346 g/mol. The highest BCUT2D eigenvalue weighted by atomic mass is 16.5. The van der Waals surface area contributed by atoms with E-state index in [-0.39, 0.29) is 23.9 Å². The van der Waals surface area contributed by atoms with Gasteiger partial charge in [-0.15, -0.1) is 0 Å². The van der Waals surface area contributed by atoms with E-state index in [1.807, 2.05) is 18.2 Å². The summed E-state index contributed by atoms with van der Waals surface area (Å²) in [6, 6.07) is 8.19. The lowest BCUT2D eigenvalue weighted by molar-refractivity contribution is 0.0950. The zero-order valence-electron chi connectivity index (χ0n) is 15.5. The number of hydrogen-bond donors (Lipinski definition) is 4. The van der Waals surface area contributed by atoms with Gasteiger partial charge in [0.25, 0.3) is 5.91 Å². The molecule has 3 atom stereocenters. The van der Waals surface area contributed by atoms with Gasteiger partial charge >= 0.3 is 0 Å². The maximum atomic E-state index is 12.6. The molecule has 1 aromatic carbocycles. The largest absolute Gasteiger partial charge is 0.496 e. The fraction of sp³-hybridized carbons (Fsp3) is 0.474. The van der Waals surface area contributed by atoms with Crippen LogP contribution < -0.4 is 20.9 Å². The molecule has 4 rings (SSSR count). The van der Waals surface area contributed by atoms with Crippen LogP contribution in [0.1, 0.15) is 46.0 Å². The predicted octanol–water partition coefficient (Wildman–Crippen LogP) is 1.04. The maximum absolute atomic E-state index is 12.6. The summed E-state index contributed by atoms with van der Waals surface area (Å²) >= 11 is 0. The number of fused-ring (bicyclic) bond motifs is 1. The molecule has 0 bridgehead atoms. The van der Waals surface area contributed by atoms with E-state index >= 15 is 0 Å². The molecule has 2 aliphatic rings. The number of hydrazine groups is 1. The van der Waals surface area contributed by atoms with Gasteiger partial charge in [-0.3, -0.25) is 10.2 Å². The molecule has 8 heteroatoms. The fourth-order valence-electron chi connectivity index (χ4n) is 3.88. The number of aromatic nitrogens is 2. The molecule has 1 saturated heterocycles. The molecule has 1 aromatic heterocycles. The smallest absolute Gasteiger partial charge is 0.271 e. The second-order valence-electron chi connectivity index (χ2n) is 7.03. The average Bonchev–Trinajstić information content (AvgIpc) is 3.29. The van der Waals surface area contributed by atoms with Crippen molar-refractivity contribution in [2.45, 2.75) is 30.8 Å². The van der Waals surface area contributed by atoms with E-state index in [9.17, 15) is 4.79 Å². The van der Waals surface area contributed by atoms with Crippen molar-refractivity contribution in [3.63, 3.8) is 0 Å². The average molecular weight is 371 g/mol. The summed E-state index contributed by atoms with van der Waals surface area (Å²) in [6.45, 7) is 1.18. The van der Waals surface area contributed by atoms with Gasteiger partial charge in [-0.05, 0) is 24.5 Å². The first-order valence-corrected chi connectivity index (χ1v) is 9.19. The van der Waals surface area contributed by atoms with Gasteiger partial charge in [0.2, 0.25) is 0 Å². The number of ether oxygens (including phenoxy) is 2. The lowest BCUT2D eigenvalue weighted by atomic mass is 9.93. The normalized spacial score (nSPS) is 25.0. The van der Waals surface area contributed by atoms with Gasteiger partial charge in [0.15, 0.2) is 0 Å². The third-order valence-electron chi connectivity index (χ3n) is 5.23. The minimum absolute atomic E-state index is 0.0228. The second-order valence-corrected chi connectivity index (χ2v) is 7.03. The Hall–Kier alpha value is -2.42. The minimum atomic E-state index is -0.135. The SMILES string of the molecule is COCC1CC(c2nc3c([nH]2)CC(c2ccccc2OC)CNC3=O)NN1. The number of H-pyrrole nitrogens is 1. The summed E-state index contributed by atoms with van der Waals surface area (Å²) in [5.41, 5.74) is 8.88. The van der Waals surface area contributed by atoms with Gasteiger partial charge in [-0.2, -0.15) is 0 Å². The quantitative estimate of drug-likeness (QED) is 0.627. The lowest BCUT2D eigenvalue weighted by Gasteiger charge is -2.18. The van der Waals surface area contributed by atoms with E-state index in [0.717, 1.165) is 29.3 Å². The van der Waals surface area contributed by atoms with Gasteiger partial charge in [0, 0.05) is 31.3 Å². The third kappa shape index (κ3) is 3.55. The molecule has 1 amide bonds. The van der Waals surface area contributed by atoms with Crippen LogP contribution in [0.4, 0.5) is 0 Å². The number of carbonyl (C=O) groups is 1. The first-order valence-electron chi connectivity index (χ1n) is 9.19. The monoisotopic (exact) mass is 371 g/mol. The molecule has 3 heterocycles. The number of aromatic amines is 1. The van der Waals surface area contributed by atoms with E-state index in [2.05, 4.69) is 32.2 Å². The van der Waals surface area contributed by atoms with Crippen molar-refractivity contribution in [2.75, 3.05) is 27.4 Å². The molecule has 8 nitrogen and oxygen atoms in total. The Bertz CT molecular complexity index is 821. The fourth-order valence-corrected chi connectivity index (χ4v) is 3.88. The Morgan fingerprint density at radius 2 is 2.07 bits per heavy atom. The molecule has 2 aliphatic heterocycles. The van der Waals surface area contributed by atoms with Crippen molar-refractivity contribution >= 4 is 5.91 Å². The van der Waals surface area contributed by atoms with E-state index in [0.29, 0.717) is 25.3 Å². The predicted molar refractivity (Wildman–Crippen MR) is 99.7 cm³/mol. The van der Waals surface area contributed by atoms with Gasteiger partial charge in [0.05, 0.1) is 19.8 Å². The number of hydrogen-bond acceptors (Lipinski definition) is 6. The van der Waals surface area contributed by atoms with Crippen LogP contribution in [0.15, 0.2) is 24.3 Å². The minimum Gasteiger partial charge on any atom is -0.496 e. The topological polar surface area (TPSA) is 100 Å². The van der Waals surface area contributed by atoms with Crippen LogP contribution >= 0.6 is 0 Å². The Kier molecular flexibility index (Phi) is 5.11. The Balaban J connectivity index is 1.58. The van der Waals surface area contributed by atoms with Gasteiger partial charge in [-0.1, -0.05) is 18.2 Å². The molecule has 0 aliphatic carbocycles. The molecule has 1 fully saturated rings. The summed E-state index contributed by atoms with van der Waals surface area (Å²) in [6.07, 6.45) is 1.54. The van der Waals surface area contributed by atoms with E-state index in [4.69, 9.17) is 9.47 Å². The van der Waals surface area contributed by atoms with Crippen molar-refractivity contribution in [1.82, 2.24) is 26.1 Å². The zero-order chi connectivity index (χ0) is 18.8. The van der Waals surface area contributed by atoms with Crippen LogP contribution in [-0.4, -0.2) is 49.3 Å². The highest BCUT2D eigenvalue weighted by Gasteiger charge is 2.32. The van der Waals surface area contributed by atoms with Crippen molar-refractivity contribution in [3.8, 4) is 5.75 Å². The zero-order valence-corrected chi connectivity index (χ0v) is 15.5. The highest BCUT2D eigenvalue weighted by molar-refractivity contribution is 5.94. The first-order chi connectivity index (χ1) is 13.2. The van der Waals surface area contributed by atoms with Crippen LogP contribution in [0.3, 0.4) is 0 Å². The van der Waals surface area contributed by atoms with Crippen molar-refractivity contribution < 1.29 is 14.3 Å². The van der Waals surface area contributed by atoms with E-state index in [1.54, 1.807) is 14.2 Å². The number of para-hydroxylation sites is 1. The summed E-state index contributed by atoms with van der Waals surface area (Å²) in [4.78, 5) is 20.5. The van der Waals surface area contributed by atoms with Crippen LogP contribution in [0.25, 0.3) is 0 Å². The maximum Gasteiger partial charge on any atom is 0.271 e. The molecule has 144 valence electrons. The Labute approximate surface area is 158 Å². The molecule has 2 aromatic rings. The summed E-state index contributed by atoms with van der Waals surface area (Å²) < 4.78 is 10.7. The molecule has 4 N–H and O–H groups in total. The summed E-state index contributed by atoms with van der Waals surface area (Å²) in [5, 5.41) is 3.00. The van der Waals surface area contributed by atoms with Crippen LogP contribution in [0, 0.1) is 0 Å². The molecular formula is C19H25N5O3. The number of methoxy groups -OCH3 is 2. The first kappa shape index (κ1) is 18.0. The Morgan fingerprint density at radius 1 is 1.22 bits per heavy atom. The van der Waals surface area contributed by atoms with Crippen molar-refractivity contribution in [3.05, 3.63) is 47.0 Å². The number of carbonyl (C=O) groups excluding carboxylic acids is 1. The molecule has 0 radical (unpaired) electrons. The number of amides is 1. The lowest BCUT2D eigenvalue weighted by Crippen LogP contribution is -2.33. The van der Waals surface area contributed by atoms with Gasteiger partial charge in [0.1, 0.15) is 17.3 Å². The van der Waals surface area contributed by atoms with E-state index in [1.165, 1.54) is 0 Å². The van der Waals surface area contributed by atoms with Crippen molar-refractivity contribution in [1.29, 1.82) is 0 Å². The van der Waals surface area contributed by atoms with Crippen LogP contribution in [-0.2, 0) is 11.2 Å². The molecule has 0 spiro atoms. The standard InChI is InChI=1S/C19H25N5O3/c1-26-10-12-8-15(24-23-12)18-21-14-7-11(9-20-19(25)17(14)22-18)13-5-3-4-6-16(13)27-2/h3-6,11-12,15,23-24H,7-10H2,1-2H3,(H,20,25)(H,21,22). The van der Waals surface area contributed by atoms with Crippen molar-refractivity contribution in [2.24, 2.45) is 0 Å². The third-order valence-corrected chi connectivity index (χ3v) is 5.23. The summed E-state index contributed by atoms with van der Waals surface area (Å²) in [5.74, 6) is 1.60. The number of nitrogens with one attached hydrogen (secondary N) is 4. The molecule has 27 heavy (non-hydrogen) atoms. The molecule has 0 saturated carbocycles. The highest BCUT2D eigenvalue weighted by Crippen LogP contribution is 2.31. The number of rotatable bonds is 5. The number of nitrogens with zero attached hydrogens (tertiary/aromatic N) is 1. The van der Waals surface area contributed by atoms with Crippen LogP contribution in [0.2, 0.25) is 0 Å². The van der Waals surface area contributed by atoms with Gasteiger partial charge < -0.3 is 19.8 Å². The second kappa shape index (κ2) is 7.67. The van der Waals surface area contributed by atoms with Crippen LogP contribution in [0.5, 0.6) is 5.75 Å². The number of benzene rings is 1. The van der Waals surface area contributed by atoms with Gasteiger partial charge in [-0.25, -0.2) is 10.4 Å².